The first-order chi connectivity index (χ1) is 12.7. The van der Waals surface area contributed by atoms with Gasteiger partial charge in [-0.3, -0.25) is 9.79 Å². The number of hydrogen-bond donors (Lipinski definition) is 2. The van der Waals surface area contributed by atoms with Crippen LogP contribution in [-0.2, 0) is 4.79 Å². The zero-order chi connectivity index (χ0) is 18.4. The van der Waals surface area contributed by atoms with E-state index in [2.05, 4.69) is 31.5 Å². The molecule has 0 radical (unpaired) electrons. The van der Waals surface area contributed by atoms with Crippen LogP contribution in [0.15, 0.2) is 29.3 Å². The summed E-state index contributed by atoms with van der Waals surface area (Å²) in [7, 11) is 1.81. The Morgan fingerprint density at radius 2 is 1.96 bits per heavy atom. The van der Waals surface area contributed by atoms with Gasteiger partial charge in [0.15, 0.2) is 5.96 Å². The standard InChI is InChI=1S/C19H28ClN5O/c1-21-19(22-10-4-7-18(26)23-15-8-9-15)25-13-11-24(12-14-25)17-6-3-2-5-16(17)20/h2-3,5-6,15H,4,7-14H2,1H3,(H,21,22)(H,23,26). The Hall–Kier alpha value is -1.95. The molecule has 2 aliphatic rings. The molecule has 1 aromatic carbocycles. The Morgan fingerprint density at radius 3 is 2.62 bits per heavy atom. The molecule has 1 aliphatic heterocycles. The molecule has 2 fully saturated rings. The van der Waals surface area contributed by atoms with Crippen LogP contribution in [0.25, 0.3) is 0 Å². The highest BCUT2D eigenvalue weighted by atomic mass is 35.5. The molecule has 1 amide bonds. The van der Waals surface area contributed by atoms with Crippen LogP contribution >= 0.6 is 11.6 Å². The topological polar surface area (TPSA) is 60.0 Å². The second-order valence-electron chi connectivity index (χ2n) is 6.84. The van der Waals surface area contributed by atoms with Gasteiger partial charge in [0.2, 0.25) is 5.91 Å². The van der Waals surface area contributed by atoms with E-state index in [4.69, 9.17) is 11.6 Å². The second-order valence-corrected chi connectivity index (χ2v) is 7.25. The van der Waals surface area contributed by atoms with Crippen molar-refractivity contribution in [3.05, 3.63) is 29.3 Å². The van der Waals surface area contributed by atoms with Crippen LogP contribution < -0.4 is 15.5 Å². The number of guanidine groups is 1. The van der Waals surface area contributed by atoms with Crippen LogP contribution in [0.2, 0.25) is 5.02 Å². The summed E-state index contributed by atoms with van der Waals surface area (Å²) < 4.78 is 0. The van der Waals surface area contributed by atoms with E-state index in [0.29, 0.717) is 12.5 Å². The van der Waals surface area contributed by atoms with E-state index in [1.807, 2.05) is 25.2 Å². The summed E-state index contributed by atoms with van der Waals surface area (Å²) in [5.74, 6) is 1.07. The molecule has 0 unspecified atom stereocenters. The Morgan fingerprint density at radius 1 is 1.23 bits per heavy atom. The number of rotatable bonds is 6. The minimum atomic E-state index is 0.164. The molecule has 7 heteroatoms. The molecule has 0 atom stereocenters. The van der Waals surface area contributed by atoms with E-state index in [1.54, 1.807) is 0 Å². The van der Waals surface area contributed by atoms with Gasteiger partial charge in [-0.25, -0.2) is 0 Å². The smallest absolute Gasteiger partial charge is 0.220 e. The minimum absolute atomic E-state index is 0.164. The van der Waals surface area contributed by atoms with Crippen molar-refractivity contribution in [2.24, 2.45) is 4.99 Å². The van der Waals surface area contributed by atoms with Gasteiger partial charge >= 0.3 is 0 Å². The lowest BCUT2D eigenvalue weighted by molar-refractivity contribution is -0.121. The predicted molar refractivity (Wildman–Crippen MR) is 107 cm³/mol. The van der Waals surface area contributed by atoms with E-state index in [-0.39, 0.29) is 5.91 Å². The first kappa shape index (κ1) is 18.8. The maximum atomic E-state index is 11.7. The fourth-order valence-corrected chi connectivity index (χ4v) is 3.43. The third-order valence-corrected chi connectivity index (χ3v) is 5.11. The molecule has 1 heterocycles. The van der Waals surface area contributed by atoms with Crippen LogP contribution in [0.3, 0.4) is 0 Å². The lowest BCUT2D eigenvalue weighted by Crippen LogP contribution is -2.52. The summed E-state index contributed by atoms with van der Waals surface area (Å²) >= 11 is 6.31. The molecule has 142 valence electrons. The average Bonchev–Trinajstić information content (AvgIpc) is 3.46. The van der Waals surface area contributed by atoms with Gasteiger partial charge in [0.25, 0.3) is 0 Å². The number of halogens is 1. The van der Waals surface area contributed by atoms with Crippen molar-refractivity contribution in [1.82, 2.24) is 15.5 Å². The van der Waals surface area contributed by atoms with Gasteiger partial charge in [0.1, 0.15) is 0 Å². The third-order valence-electron chi connectivity index (χ3n) is 4.79. The molecule has 1 saturated carbocycles. The largest absolute Gasteiger partial charge is 0.367 e. The minimum Gasteiger partial charge on any atom is -0.367 e. The van der Waals surface area contributed by atoms with E-state index in [9.17, 15) is 4.79 Å². The van der Waals surface area contributed by atoms with E-state index >= 15 is 0 Å². The number of hydrogen-bond acceptors (Lipinski definition) is 3. The molecular weight excluding hydrogens is 350 g/mol. The number of nitrogens with zero attached hydrogens (tertiary/aromatic N) is 3. The molecule has 26 heavy (non-hydrogen) atoms. The second kappa shape index (κ2) is 9.12. The molecule has 0 aromatic heterocycles. The molecular formula is C19H28ClN5O. The van der Waals surface area contributed by atoms with Crippen molar-refractivity contribution in [3.8, 4) is 0 Å². The first-order valence-electron chi connectivity index (χ1n) is 9.42. The van der Waals surface area contributed by atoms with Crippen molar-refractivity contribution < 1.29 is 4.79 Å². The van der Waals surface area contributed by atoms with Crippen LogP contribution in [-0.4, -0.2) is 62.6 Å². The van der Waals surface area contributed by atoms with Crippen molar-refractivity contribution in [1.29, 1.82) is 0 Å². The highest BCUT2D eigenvalue weighted by Gasteiger charge is 2.23. The predicted octanol–water partition coefficient (Wildman–Crippen LogP) is 2.10. The number of benzene rings is 1. The van der Waals surface area contributed by atoms with Gasteiger partial charge < -0.3 is 20.4 Å². The fourth-order valence-electron chi connectivity index (χ4n) is 3.18. The SMILES string of the molecule is CN=C(NCCCC(=O)NC1CC1)N1CCN(c2ccccc2Cl)CC1. The molecule has 6 nitrogen and oxygen atoms in total. The average molecular weight is 378 g/mol. The molecule has 1 aliphatic carbocycles. The van der Waals surface area contributed by atoms with Gasteiger partial charge in [0.05, 0.1) is 10.7 Å². The van der Waals surface area contributed by atoms with E-state index < -0.39 is 0 Å². The van der Waals surface area contributed by atoms with Gasteiger partial charge in [-0.2, -0.15) is 0 Å². The quantitative estimate of drug-likeness (QED) is 0.453. The zero-order valence-corrected chi connectivity index (χ0v) is 16.1. The Balaban J connectivity index is 1.39. The number of amides is 1. The van der Waals surface area contributed by atoms with Crippen LogP contribution in [0.1, 0.15) is 25.7 Å². The van der Waals surface area contributed by atoms with E-state index in [0.717, 1.165) is 68.7 Å². The Labute approximate surface area is 160 Å². The third kappa shape index (κ3) is 5.27. The van der Waals surface area contributed by atoms with Gasteiger partial charge in [-0.15, -0.1) is 0 Å². The van der Waals surface area contributed by atoms with Crippen molar-refractivity contribution in [2.75, 3.05) is 44.7 Å². The summed E-state index contributed by atoms with van der Waals surface area (Å²) in [6.45, 7) is 4.37. The fraction of sp³-hybridized carbons (Fsp3) is 0.579. The van der Waals surface area contributed by atoms with Gasteiger partial charge in [-0.1, -0.05) is 23.7 Å². The maximum Gasteiger partial charge on any atom is 0.220 e. The number of nitrogens with one attached hydrogen (secondary N) is 2. The summed E-state index contributed by atoms with van der Waals surface area (Å²) in [5.41, 5.74) is 1.10. The summed E-state index contributed by atoms with van der Waals surface area (Å²) in [5, 5.41) is 7.20. The Kier molecular flexibility index (Phi) is 6.61. The lowest BCUT2D eigenvalue weighted by Gasteiger charge is -2.38. The van der Waals surface area contributed by atoms with Crippen molar-refractivity contribution >= 4 is 29.2 Å². The molecule has 2 N–H and O–H groups in total. The first-order valence-corrected chi connectivity index (χ1v) is 9.79. The van der Waals surface area contributed by atoms with E-state index in [1.165, 1.54) is 0 Å². The highest BCUT2D eigenvalue weighted by Crippen LogP contribution is 2.26. The normalized spacial score (nSPS) is 18.0. The maximum absolute atomic E-state index is 11.7. The monoisotopic (exact) mass is 377 g/mol. The van der Waals surface area contributed by atoms with Gasteiger partial charge in [0, 0.05) is 52.2 Å². The molecule has 0 spiro atoms. The molecule has 1 saturated heterocycles. The highest BCUT2D eigenvalue weighted by molar-refractivity contribution is 6.33. The van der Waals surface area contributed by atoms with Crippen molar-refractivity contribution in [2.45, 2.75) is 31.7 Å². The Bertz CT molecular complexity index is 639. The molecule has 3 rings (SSSR count). The number of para-hydroxylation sites is 1. The number of anilines is 1. The van der Waals surface area contributed by atoms with Gasteiger partial charge in [-0.05, 0) is 31.4 Å². The van der Waals surface area contributed by atoms with Crippen LogP contribution in [0, 0.1) is 0 Å². The number of piperazine rings is 1. The lowest BCUT2D eigenvalue weighted by atomic mass is 10.2. The van der Waals surface area contributed by atoms with Crippen LogP contribution in [0.5, 0.6) is 0 Å². The van der Waals surface area contributed by atoms with Crippen LogP contribution in [0.4, 0.5) is 5.69 Å². The zero-order valence-electron chi connectivity index (χ0n) is 15.4. The summed E-state index contributed by atoms with van der Waals surface area (Å²) in [4.78, 5) is 20.7. The molecule has 1 aromatic rings. The number of carbonyl (C=O) groups is 1. The number of carbonyl (C=O) groups excluding carboxylic acids is 1. The molecule has 0 bridgehead atoms. The number of aliphatic imine (C=N–C) groups is 1. The van der Waals surface area contributed by atoms with Crippen molar-refractivity contribution in [3.63, 3.8) is 0 Å². The summed E-state index contributed by atoms with van der Waals surface area (Å²) in [6.07, 6.45) is 3.66. The summed E-state index contributed by atoms with van der Waals surface area (Å²) in [6, 6.07) is 8.42.